The van der Waals surface area contributed by atoms with Gasteiger partial charge in [0.2, 0.25) is 0 Å². The normalized spacial score (nSPS) is 11.5. The van der Waals surface area contributed by atoms with Crippen LogP contribution in [0.5, 0.6) is 0 Å². The number of hydrogen-bond acceptors (Lipinski definition) is 2. The SMILES string of the molecule is CN=C(NCCc1nccn1Cc1ccccc1)NCc1ccc(Cl)cc1Cl. The van der Waals surface area contributed by atoms with Crippen molar-refractivity contribution in [2.24, 2.45) is 4.99 Å². The van der Waals surface area contributed by atoms with Gasteiger partial charge >= 0.3 is 0 Å². The molecule has 1 aromatic heterocycles. The average molecular weight is 416 g/mol. The molecule has 28 heavy (non-hydrogen) atoms. The molecule has 7 heteroatoms. The predicted octanol–water partition coefficient (Wildman–Crippen LogP) is 4.15. The zero-order chi connectivity index (χ0) is 19.8. The van der Waals surface area contributed by atoms with Gasteiger partial charge in [-0.15, -0.1) is 0 Å². The maximum absolute atomic E-state index is 6.22. The van der Waals surface area contributed by atoms with Crippen LogP contribution < -0.4 is 10.6 Å². The maximum Gasteiger partial charge on any atom is 0.191 e. The van der Waals surface area contributed by atoms with Gasteiger partial charge in [0.05, 0.1) is 0 Å². The van der Waals surface area contributed by atoms with Gasteiger partial charge in [0, 0.05) is 55.5 Å². The van der Waals surface area contributed by atoms with E-state index in [0.717, 1.165) is 30.9 Å². The fraction of sp³-hybridized carbons (Fsp3) is 0.238. The van der Waals surface area contributed by atoms with Crippen LogP contribution in [0, 0.1) is 0 Å². The highest BCUT2D eigenvalue weighted by Crippen LogP contribution is 2.20. The molecule has 3 rings (SSSR count). The number of aromatic nitrogens is 2. The smallest absolute Gasteiger partial charge is 0.191 e. The zero-order valence-corrected chi connectivity index (χ0v) is 17.2. The van der Waals surface area contributed by atoms with Crippen LogP contribution >= 0.6 is 23.2 Å². The molecule has 0 unspecified atom stereocenters. The van der Waals surface area contributed by atoms with Crippen LogP contribution in [0.15, 0.2) is 65.9 Å². The summed E-state index contributed by atoms with van der Waals surface area (Å²) in [5.74, 6) is 1.75. The molecular formula is C21H23Cl2N5. The number of aliphatic imine (C=N–C) groups is 1. The molecule has 3 aromatic rings. The molecule has 0 spiro atoms. The lowest BCUT2D eigenvalue weighted by Gasteiger charge is -2.13. The molecule has 0 saturated heterocycles. The van der Waals surface area contributed by atoms with Gasteiger partial charge in [0.15, 0.2) is 5.96 Å². The Kier molecular flexibility index (Phi) is 7.34. The Balaban J connectivity index is 1.49. The second-order valence-electron chi connectivity index (χ2n) is 6.30. The average Bonchev–Trinajstić information content (AvgIpc) is 3.13. The molecular weight excluding hydrogens is 393 g/mol. The third-order valence-electron chi connectivity index (χ3n) is 4.32. The molecule has 0 saturated carbocycles. The van der Waals surface area contributed by atoms with E-state index in [9.17, 15) is 0 Å². The van der Waals surface area contributed by atoms with Gasteiger partial charge in [-0.25, -0.2) is 4.98 Å². The van der Waals surface area contributed by atoms with E-state index in [1.54, 1.807) is 13.1 Å². The van der Waals surface area contributed by atoms with Crippen molar-refractivity contribution in [3.63, 3.8) is 0 Å². The molecule has 0 aliphatic carbocycles. The second kappa shape index (κ2) is 10.2. The van der Waals surface area contributed by atoms with Crippen LogP contribution in [0.25, 0.3) is 0 Å². The number of nitrogens with one attached hydrogen (secondary N) is 2. The summed E-state index contributed by atoms with van der Waals surface area (Å²) in [6.07, 6.45) is 4.65. The minimum Gasteiger partial charge on any atom is -0.356 e. The second-order valence-corrected chi connectivity index (χ2v) is 7.14. The van der Waals surface area contributed by atoms with Gasteiger partial charge in [0.1, 0.15) is 5.82 Å². The number of nitrogens with zero attached hydrogens (tertiary/aromatic N) is 3. The minimum atomic E-state index is 0.568. The van der Waals surface area contributed by atoms with Gasteiger partial charge in [-0.1, -0.05) is 59.6 Å². The molecule has 0 amide bonds. The first-order valence-corrected chi connectivity index (χ1v) is 9.83. The molecule has 0 bridgehead atoms. The third-order valence-corrected chi connectivity index (χ3v) is 4.91. The largest absolute Gasteiger partial charge is 0.356 e. The number of rotatable bonds is 7. The number of imidazole rings is 1. The number of benzene rings is 2. The summed E-state index contributed by atoms with van der Waals surface area (Å²) in [4.78, 5) is 8.74. The standard InChI is InChI=1S/C21H23Cl2N5/c1-24-21(27-14-17-7-8-18(22)13-19(17)23)26-10-9-20-25-11-12-28(20)15-16-5-3-2-4-6-16/h2-8,11-13H,9-10,14-15H2,1H3,(H2,24,26,27). The summed E-state index contributed by atoms with van der Waals surface area (Å²) >= 11 is 12.2. The van der Waals surface area contributed by atoms with Crippen molar-refractivity contribution in [3.05, 3.63) is 87.9 Å². The number of halogens is 2. The van der Waals surface area contributed by atoms with Crippen molar-refractivity contribution >= 4 is 29.2 Å². The lowest BCUT2D eigenvalue weighted by molar-refractivity contribution is 0.694. The van der Waals surface area contributed by atoms with Crippen molar-refractivity contribution < 1.29 is 0 Å². The summed E-state index contributed by atoms with van der Waals surface area (Å²) in [6.45, 7) is 2.11. The summed E-state index contributed by atoms with van der Waals surface area (Å²) in [5, 5.41) is 7.85. The fourth-order valence-corrected chi connectivity index (χ4v) is 3.32. The highest BCUT2D eigenvalue weighted by atomic mass is 35.5. The van der Waals surface area contributed by atoms with Crippen molar-refractivity contribution in [2.75, 3.05) is 13.6 Å². The van der Waals surface area contributed by atoms with Crippen LogP contribution in [0.4, 0.5) is 0 Å². The lowest BCUT2D eigenvalue weighted by Crippen LogP contribution is -2.38. The van der Waals surface area contributed by atoms with E-state index in [-0.39, 0.29) is 0 Å². The number of guanidine groups is 1. The van der Waals surface area contributed by atoms with Crippen LogP contribution in [-0.4, -0.2) is 29.1 Å². The Labute approximate surface area is 175 Å². The van der Waals surface area contributed by atoms with E-state index in [1.165, 1.54) is 5.56 Å². The van der Waals surface area contributed by atoms with E-state index >= 15 is 0 Å². The number of hydrogen-bond donors (Lipinski definition) is 2. The van der Waals surface area contributed by atoms with Crippen molar-refractivity contribution in [3.8, 4) is 0 Å². The minimum absolute atomic E-state index is 0.568. The van der Waals surface area contributed by atoms with Crippen molar-refractivity contribution in [1.29, 1.82) is 0 Å². The van der Waals surface area contributed by atoms with Gasteiger partial charge in [-0.3, -0.25) is 4.99 Å². The molecule has 1 heterocycles. The Morgan fingerprint density at radius 2 is 1.93 bits per heavy atom. The first-order valence-electron chi connectivity index (χ1n) is 9.08. The molecule has 146 valence electrons. The molecule has 2 N–H and O–H groups in total. The first kappa shape index (κ1) is 20.2. The van der Waals surface area contributed by atoms with E-state index in [2.05, 4.69) is 49.4 Å². The van der Waals surface area contributed by atoms with E-state index in [1.807, 2.05) is 30.6 Å². The molecule has 0 fully saturated rings. The maximum atomic E-state index is 6.22. The summed E-state index contributed by atoms with van der Waals surface area (Å²) < 4.78 is 2.17. The fourth-order valence-electron chi connectivity index (χ4n) is 2.85. The van der Waals surface area contributed by atoms with E-state index < -0.39 is 0 Å². The molecule has 2 aromatic carbocycles. The van der Waals surface area contributed by atoms with Gasteiger partial charge in [0.25, 0.3) is 0 Å². The van der Waals surface area contributed by atoms with Crippen LogP contribution in [-0.2, 0) is 19.5 Å². The third kappa shape index (κ3) is 5.75. The van der Waals surface area contributed by atoms with E-state index in [0.29, 0.717) is 22.5 Å². The van der Waals surface area contributed by atoms with Gasteiger partial charge in [-0.05, 0) is 23.3 Å². The molecule has 0 radical (unpaired) electrons. The van der Waals surface area contributed by atoms with Gasteiger partial charge < -0.3 is 15.2 Å². The summed E-state index contributed by atoms with van der Waals surface area (Å²) in [5.41, 5.74) is 2.22. The van der Waals surface area contributed by atoms with Crippen LogP contribution in [0.1, 0.15) is 17.0 Å². The Bertz CT molecular complexity index is 922. The van der Waals surface area contributed by atoms with Crippen molar-refractivity contribution in [1.82, 2.24) is 20.2 Å². The topological polar surface area (TPSA) is 54.2 Å². The monoisotopic (exact) mass is 415 g/mol. The van der Waals surface area contributed by atoms with Gasteiger partial charge in [-0.2, -0.15) is 0 Å². The Morgan fingerprint density at radius 3 is 2.68 bits per heavy atom. The highest BCUT2D eigenvalue weighted by molar-refractivity contribution is 6.35. The first-order chi connectivity index (χ1) is 13.7. The summed E-state index contributed by atoms with van der Waals surface area (Å²) in [6, 6.07) is 15.8. The van der Waals surface area contributed by atoms with E-state index in [4.69, 9.17) is 23.2 Å². The van der Waals surface area contributed by atoms with Crippen LogP contribution in [0.3, 0.4) is 0 Å². The lowest BCUT2D eigenvalue weighted by atomic mass is 10.2. The zero-order valence-electron chi connectivity index (χ0n) is 15.7. The molecule has 0 aliphatic heterocycles. The van der Waals surface area contributed by atoms with Crippen LogP contribution in [0.2, 0.25) is 10.0 Å². The highest BCUT2D eigenvalue weighted by Gasteiger charge is 2.06. The summed E-state index contributed by atoms with van der Waals surface area (Å²) in [7, 11) is 1.75. The molecule has 5 nitrogen and oxygen atoms in total. The Hall–Kier alpha value is -2.50. The Morgan fingerprint density at radius 1 is 1.11 bits per heavy atom. The molecule has 0 atom stereocenters. The molecule has 0 aliphatic rings. The predicted molar refractivity (Wildman–Crippen MR) is 116 cm³/mol. The van der Waals surface area contributed by atoms with Crippen molar-refractivity contribution in [2.45, 2.75) is 19.5 Å². The quantitative estimate of drug-likeness (QED) is 0.450.